The second-order valence-corrected chi connectivity index (χ2v) is 13.6. The molecule has 53 heavy (non-hydrogen) atoms. The number of nitrogens with one attached hydrogen (secondary N) is 2. The third-order valence-electron chi connectivity index (χ3n) is 9.69. The van der Waals surface area contributed by atoms with Crippen molar-refractivity contribution in [2.75, 3.05) is 39.3 Å². The molecule has 1 saturated carbocycles. The highest BCUT2D eigenvalue weighted by molar-refractivity contribution is 5.82. The average molecular weight is 775 g/mol. The first kappa shape index (κ1) is 43.9. The molecule has 17 atom stereocenters. The van der Waals surface area contributed by atoms with Gasteiger partial charge in [-0.1, -0.05) is 0 Å². The van der Waals surface area contributed by atoms with Gasteiger partial charge in [-0.15, -0.1) is 0 Å². The molecule has 0 aromatic carbocycles. The normalized spacial score (nSPS) is 41.4. The molecule has 0 bridgehead atoms. The maximum atomic E-state index is 14.1. The standard InChI is InChI=1S/C30H56F2N8O13/c31-30(32,10-35)25(46)26(47)40-14-6-13(37)22(51-27-12(36)3-2-11(48-27)8-39-5-1-4-33)24(18(14)42)53-29-21(45)23(16(9-41)50-29)52-28-17(38)20(44)19(43)15(7-34)49-28/h2,12-25,27-29,39,41-46H,1,3-10,33-38H2,(H,40,47)/t12-,13+,14-,15+,16-,17-,18+,19-,20-,21-,22-,23-,24-,25-,27-,28-,29+/m1/s1. The van der Waals surface area contributed by atoms with E-state index < -0.39 is 129 Å². The van der Waals surface area contributed by atoms with E-state index in [1.54, 1.807) is 6.08 Å². The fourth-order valence-electron chi connectivity index (χ4n) is 6.49. The van der Waals surface area contributed by atoms with Gasteiger partial charge in [-0.25, -0.2) is 8.78 Å². The van der Waals surface area contributed by atoms with Crippen LogP contribution in [0.1, 0.15) is 19.3 Å². The van der Waals surface area contributed by atoms with Gasteiger partial charge in [0, 0.05) is 12.6 Å². The summed E-state index contributed by atoms with van der Waals surface area (Å²) in [6.07, 6.45) is -17.9. The van der Waals surface area contributed by atoms with E-state index in [1.807, 2.05) is 0 Å². The lowest BCUT2D eigenvalue weighted by molar-refractivity contribution is -0.282. The van der Waals surface area contributed by atoms with E-state index in [0.29, 0.717) is 31.8 Å². The van der Waals surface area contributed by atoms with Gasteiger partial charge >= 0.3 is 0 Å². The van der Waals surface area contributed by atoms with Gasteiger partial charge in [0.05, 0.1) is 37.8 Å². The minimum absolute atomic E-state index is 0.222. The Morgan fingerprint density at radius 2 is 1.57 bits per heavy atom. The highest BCUT2D eigenvalue weighted by atomic mass is 19.3. The number of ether oxygens (including phenoxy) is 6. The Kier molecular flexibility index (Phi) is 16.0. The second-order valence-electron chi connectivity index (χ2n) is 13.6. The van der Waals surface area contributed by atoms with Crippen LogP contribution in [-0.4, -0.2) is 186 Å². The number of amides is 1. The van der Waals surface area contributed by atoms with Gasteiger partial charge in [0.25, 0.3) is 11.8 Å². The van der Waals surface area contributed by atoms with E-state index in [4.69, 9.17) is 62.8 Å². The highest BCUT2D eigenvalue weighted by Crippen LogP contribution is 2.34. The number of aliphatic hydroxyl groups is 6. The van der Waals surface area contributed by atoms with Crippen molar-refractivity contribution in [1.29, 1.82) is 0 Å². The van der Waals surface area contributed by atoms with Crippen LogP contribution < -0.4 is 45.0 Å². The zero-order valence-corrected chi connectivity index (χ0v) is 29.0. The number of hydrogen-bond acceptors (Lipinski definition) is 20. The zero-order chi connectivity index (χ0) is 39.2. The number of hydrogen-bond donors (Lipinski definition) is 14. The molecule has 3 heterocycles. The molecular formula is C30H56F2N8O13. The summed E-state index contributed by atoms with van der Waals surface area (Å²) in [7, 11) is 0. The van der Waals surface area contributed by atoms with Gasteiger partial charge in [-0.05, 0) is 38.4 Å². The van der Waals surface area contributed by atoms with Crippen molar-refractivity contribution in [2.24, 2.45) is 34.4 Å². The zero-order valence-electron chi connectivity index (χ0n) is 29.0. The lowest BCUT2D eigenvalue weighted by atomic mass is 9.83. The van der Waals surface area contributed by atoms with Crippen molar-refractivity contribution in [3.05, 3.63) is 11.8 Å². The first-order chi connectivity index (χ1) is 25.1. The highest BCUT2D eigenvalue weighted by Gasteiger charge is 2.54. The lowest BCUT2D eigenvalue weighted by Gasteiger charge is -2.46. The molecule has 23 heteroatoms. The number of alkyl halides is 2. The predicted octanol–water partition coefficient (Wildman–Crippen LogP) is -7.62. The van der Waals surface area contributed by atoms with Crippen LogP contribution in [-0.2, 0) is 33.2 Å². The summed E-state index contributed by atoms with van der Waals surface area (Å²) in [4.78, 5) is 12.7. The molecule has 1 aliphatic carbocycles. The second kappa shape index (κ2) is 19.3. The van der Waals surface area contributed by atoms with Crippen LogP contribution in [0, 0.1) is 0 Å². The Morgan fingerprint density at radius 1 is 0.906 bits per heavy atom. The van der Waals surface area contributed by atoms with Crippen LogP contribution in [0.15, 0.2) is 11.8 Å². The van der Waals surface area contributed by atoms with Gasteiger partial charge in [-0.3, -0.25) is 4.79 Å². The molecule has 0 spiro atoms. The molecule has 0 unspecified atom stereocenters. The molecule has 2 saturated heterocycles. The number of aliphatic hydroxyl groups excluding tert-OH is 6. The van der Waals surface area contributed by atoms with Crippen molar-refractivity contribution < 1.29 is 72.6 Å². The third kappa shape index (κ3) is 10.3. The topological polar surface area (TPSA) is 374 Å². The average Bonchev–Trinajstić information content (AvgIpc) is 3.43. The van der Waals surface area contributed by atoms with E-state index in [-0.39, 0.29) is 13.0 Å². The van der Waals surface area contributed by atoms with Crippen molar-refractivity contribution in [1.82, 2.24) is 10.6 Å². The summed E-state index contributed by atoms with van der Waals surface area (Å²) < 4.78 is 63.6. The van der Waals surface area contributed by atoms with Crippen molar-refractivity contribution in [3.8, 4) is 0 Å². The van der Waals surface area contributed by atoms with Crippen LogP contribution in [0.5, 0.6) is 0 Å². The van der Waals surface area contributed by atoms with E-state index in [2.05, 4.69) is 10.6 Å². The molecule has 20 N–H and O–H groups in total. The van der Waals surface area contributed by atoms with Crippen LogP contribution >= 0.6 is 0 Å². The van der Waals surface area contributed by atoms with E-state index in [1.165, 1.54) is 0 Å². The maximum Gasteiger partial charge on any atom is 0.294 e. The number of halogens is 2. The van der Waals surface area contributed by atoms with E-state index in [0.717, 1.165) is 6.42 Å². The molecule has 4 rings (SSSR count). The van der Waals surface area contributed by atoms with Crippen molar-refractivity contribution in [2.45, 2.75) is 129 Å². The van der Waals surface area contributed by atoms with Crippen molar-refractivity contribution in [3.63, 3.8) is 0 Å². The molecule has 0 aromatic rings. The fourth-order valence-corrected chi connectivity index (χ4v) is 6.49. The van der Waals surface area contributed by atoms with Crippen LogP contribution in [0.25, 0.3) is 0 Å². The number of carbonyl (C=O) groups excluding carboxylic acids is 1. The number of rotatable bonds is 17. The lowest BCUT2D eigenvalue weighted by Crippen LogP contribution is -2.67. The third-order valence-corrected chi connectivity index (χ3v) is 9.69. The molecule has 0 radical (unpaired) electrons. The van der Waals surface area contributed by atoms with Gasteiger partial charge < -0.3 is 104 Å². The summed E-state index contributed by atoms with van der Waals surface area (Å²) in [6, 6.07) is -4.59. The van der Waals surface area contributed by atoms with Crippen LogP contribution in [0.3, 0.4) is 0 Å². The van der Waals surface area contributed by atoms with Gasteiger partial charge in [0.2, 0.25) is 6.29 Å². The maximum absolute atomic E-state index is 14.1. The molecule has 308 valence electrons. The summed E-state index contributed by atoms with van der Waals surface area (Å²) in [5.74, 6) is -5.05. The summed E-state index contributed by atoms with van der Waals surface area (Å²) in [5.41, 5.74) is 35.0. The monoisotopic (exact) mass is 774 g/mol. The Labute approximate surface area is 304 Å². The van der Waals surface area contributed by atoms with Crippen molar-refractivity contribution >= 4 is 5.91 Å². The van der Waals surface area contributed by atoms with Crippen LogP contribution in [0.4, 0.5) is 8.78 Å². The molecular weight excluding hydrogens is 718 g/mol. The van der Waals surface area contributed by atoms with Crippen LogP contribution in [0.2, 0.25) is 0 Å². The molecule has 4 aliphatic rings. The Bertz CT molecular complexity index is 1200. The molecule has 21 nitrogen and oxygen atoms in total. The van der Waals surface area contributed by atoms with E-state index in [9.17, 15) is 44.2 Å². The SMILES string of the molecule is NCCCNCC1=CC[C@@H](N)[C@@H](O[C@H]2[C@H](O[C@@H]3O[C@H](CO)[C@@H](O[C@H]4O[C@@H](CN)[C@@H](O)[C@H](O)[C@H]4N)[C@H]3O)[C@@H](O)[C@H](NC(=O)[C@@H](O)C(F)(F)CN)C[C@@H]2N)O1. The summed E-state index contributed by atoms with van der Waals surface area (Å²) in [5, 5.41) is 69.0. The Hall–Kier alpha value is -1.85. The quantitative estimate of drug-likeness (QED) is 0.0610. The minimum atomic E-state index is -3.99. The first-order valence-corrected chi connectivity index (χ1v) is 17.5. The Morgan fingerprint density at radius 3 is 2.21 bits per heavy atom. The molecule has 0 aromatic heterocycles. The van der Waals surface area contributed by atoms with Gasteiger partial charge in [0.15, 0.2) is 18.7 Å². The summed E-state index contributed by atoms with van der Waals surface area (Å²) in [6.45, 7) is -0.892. The largest absolute Gasteiger partial charge is 0.467 e. The Balaban J connectivity index is 1.55. The fraction of sp³-hybridized carbons (Fsp3) is 0.900. The molecule has 1 amide bonds. The number of nitrogens with two attached hydrogens (primary N) is 6. The molecule has 3 fully saturated rings. The minimum Gasteiger partial charge on any atom is -0.467 e. The van der Waals surface area contributed by atoms with Gasteiger partial charge in [0.1, 0.15) is 60.7 Å². The predicted molar refractivity (Wildman–Crippen MR) is 177 cm³/mol. The smallest absolute Gasteiger partial charge is 0.294 e. The number of carbonyl (C=O) groups is 1. The van der Waals surface area contributed by atoms with E-state index >= 15 is 0 Å². The summed E-state index contributed by atoms with van der Waals surface area (Å²) >= 11 is 0. The van der Waals surface area contributed by atoms with Gasteiger partial charge in [-0.2, -0.15) is 0 Å². The molecule has 3 aliphatic heterocycles. The first-order valence-electron chi connectivity index (χ1n) is 17.5.